The van der Waals surface area contributed by atoms with E-state index in [1.54, 1.807) is 0 Å². The lowest BCUT2D eigenvalue weighted by atomic mass is 9.98. The highest BCUT2D eigenvalue weighted by Gasteiger charge is 2.18. The third kappa shape index (κ3) is 4.71. The second-order valence-electron chi connectivity index (χ2n) is 7.58. The molecule has 7 nitrogen and oxygen atoms in total. The number of anilines is 2. The van der Waals surface area contributed by atoms with Crippen LogP contribution in [0.3, 0.4) is 0 Å². The summed E-state index contributed by atoms with van der Waals surface area (Å²) < 4.78 is 10.3. The summed E-state index contributed by atoms with van der Waals surface area (Å²) in [6.45, 7) is 5.99. The fraction of sp³-hybridized carbons (Fsp3) is 0.250. The first-order valence-corrected chi connectivity index (χ1v) is 10.2. The fourth-order valence-electron chi connectivity index (χ4n) is 3.66. The number of hydrogen-bond acceptors (Lipinski definition) is 6. The van der Waals surface area contributed by atoms with Gasteiger partial charge in [0.15, 0.2) is 0 Å². The Morgan fingerprint density at radius 3 is 2.55 bits per heavy atom. The van der Waals surface area contributed by atoms with Crippen LogP contribution in [0.1, 0.15) is 11.3 Å². The van der Waals surface area contributed by atoms with Crippen LogP contribution in [-0.4, -0.2) is 44.2 Å². The van der Waals surface area contributed by atoms with Crippen molar-refractivity contribution in [1.82, 2.24) is 4.90 Å². The van der Waals surface area contributed by atoms with Gasteiger partial charge in [0.05, 0.1) is 5.69 Å². The second-order valence-corrected chi connectivity index (χ2v) is 7.58. The first-order valence-electron chi connectivity index (χ1n) is 10.2. The molecule has 1 N–H and O–H groups in total. The highest BCUT2D eigenvalue weighted by Crippen LogP contribution is 2.34. The summed E-state index contributed by atoms with van der Waals surface area (Å²) >= 11 is 0. The third-order valence-corrected chi connectivity index (χ3v) is 5.43. The smallest absolute Gasteiger partial charge is 0.414 e. The Morgan fingerprint density at radius 2 is 1.84 bits per heavy atom. The number of hydrogen-bond donors (Lipinski definition) is 1. The predicted octanol–water partition coefficient (Wildman–Crippen LogP) is 4.49. The molecule has 1 aromatic heterocycles. The minimum Gasteiger partial charge on any atom is -0.414 e. The molecule has 0 bridgehead atoms. The molecule has 1 fully saturated rings. The highest BCUT2D eigenvalue weighted by atomic mass is 16.6. The summed E-state index contributed by atoms with van der Waals surface area (Å²) in [5.74, 6) is 0.0560. The van der Waals surface area contributed by atoms with Gasteiger partial charge in [-0.2, -0.15) is 5.26 Å². The number of nitrogens with one attached hydrogen (secondary N) is 1. The van der Waals surface area contributed by atoms with E-state index in [2.05, 4.69) is 28.2 Å². The number of nitrogens with zero attached hydrogens (tertiary/aromatic N) is 3. The van der Waals surface area contributed by atoms with Crippen molar-refractivity contribution >= 4 is 17.5 Å². The average molecular weight is 416 g/mol. The molecule has 2 heterocycles. The number of ether oxygens (including phenoxy) is 1. The Morgan fingerprint density at radius 1 is 1.06 bits per heavy atom. The van der Waals surface area contributed by atoms with Crippen LogP contribution in [0.4, 0.5) is 16.2 Å². The summed E-state index contributed by atoms with van der Waals surface area (Å²) in [6.07, 6.45) is -0.680. The first kappa shape index (κ1) is 20.5. The Hall–Kier alpha value is -3.76. The molecule has 0 atom stereocenters. The Balaban J connectivity index is 1.62. The molecule has 0 aliphatic carbocycles. The number of nitriles is 1. The molecule has 0 spiro atoms. The molecule has 1 aliphatic heterocycles. The molecule has 31 heavy (non-hydrogen) atoms. The number of likely N-dealkylation sites (N-methyl/N-ethyl adjacent to an activating group) is 1. The van der Waals surface area contributed by atoms with Gasteiger partial charge in [-0.15, -0.1) is 0 Å². The van der Waals surface area contributed by atoms with Gasteiger partial charge in [-0.3, -0.25) is 5.32 Å². The van der Waals surface area contributed by atoms with Gasteiger partial charge in [0.25, 0.3) is 5.95 Å². The zero-order valence-electron chi connectivity index (χ0n) is 17.6. The van der Waals surface area contributed by atoms with Crippen LogP contribution in [0.25, 0.3) is 11.1 Å². The van der Waals surface area contributed by atoms with Gasteiger partial charge >= 0.3 is 6.09 Å². The molecular weight excluding hydrogens is 392 g/mol. The molecule has 0 radical (unpaired) electrons. The topological polar surface area (TPSA) is 81.7 Å². The lowest BCUT2D eigenvalue weighted by Gasteiger charge is -2.34. The van der Waals surface area contributed by atoms with Crippen molar-refractivity contribution in [3.63, 3.8) is 0 Å². The van der Waals surface area contributed by atoms with Crippen molar-refractivity contribution in [2.75, 3.05) is 43.4 Å². The number of piperazine rings is 1. The van der Waals surface area contributed by atoms with E-state index in [0.29, 0.717) is 5.69 Å². The van der Waals surface area contributed by atoms with Crippen LogP contribution in [0.2, 0.25) is 0 Å². The monoisotopic (exact) mass is 416 g/mol. The van der Waals surface area contributed by atoms with E-state index in [9.17, 15) is 4.79 Å². The SMILES string of the molecule is Cc1ccccc1-c1cc(N2CCN(C)CC2)ccc1NC(=O)Oc1ccc(C#N)o1. The Labute approximate surface area is 181 Å². The average Bonchev–Trinajstić information content (AvgIpc) is 3.22. The van der Waals surface area contributed by atoms with Gasteiger partial charge < -0.3 is 19.0 Å². The number of furan rings is 1. The maximum Gasteiger partial charge on any atom is 0.419 e. The van der Waals surface area contributed by atoms with Crippen LogP contribution in [-0.2, 0) is 0 Å². The highest BCUT2D eigenvalue weighted by molar-refractivity contribution is 5.94. The molecular formula is C24H24N4O3. The van der Waals surface area contributed by atoms with Crippen LogP contribution < -0.4 is 15.0 Å². The van der Waals surface area contributed by atoms with E-state index in [-0.39, 0.29) is 11.7 Å². The quantitative estimate of drug-likeness (QED) is 0.675. The minimum absolute atomic E-state index is 0.0273. The molecule has 1 aliphatic rings. The van der Waals surface area contributed by atoms with Crippen LogP contribution in [0.5, 0.6) is 5.95 Å². The number of amides is 1. The summed E-state index contributed by atoms with van der Waals surface area (Å²) in [5.41, 5.74) is 4.83. The van der Waals surface area contributed by atoms with E-state index in [1.165, 1.54) is 12.1 Å². The van der Waals surface area contributed by atoms with Crippen molar-refractivity contribution in [2.24, 2.45) is 0 Å². The fourth-order valence-corrected chi connectivity index (χ4v) is 3.66. The summed E-state index contributed by atoms with van der Waals surface area (Å²) in [4.78, 5) is 17.2. The van der Waals surface area contributed by atoms with E-state index in [1.807, 2.05) is 49.4 Å². The van der Waals surface area contributed by atoms with Gasteiger partial charge in [-0.25, -0.2) is 4.79 Å². The maximum absolute atomic E-state index is 12.5. The molecule has 3 aromatic rings. The van der Waals surface area contributed by atoms with E-state index >= 15 is 0 Å². The molecule has 0 saturated carbocycles. The number of rotatable bonds is 4. The molecule has 2 aromatic carbocycles. The van der Waals surface area contributed by atoms with Crippen LogP contribution >= 0.6 is 0 Å². The largest absolute Gasteiger partial charge is 0.419 e. The summed E-state index contributed by atoms with van der Waals surface area (Å²) in [7, 11) is 2.13. The standard InChI is InChI=1S/C24H24N4O3/c1-17-5-3-4-6-20(17)21-15-18(28-13-11-27(2)12-14-28)7-9-22(21)26-24(29)31-23-10-8-19(16-25)30-23/h3-10,15H,11-14H2,1-2H3,(H,26,29). The normalized spacial score (nSPS) is 14.2. The number of aryl methyl sites for hydroxylation is 1. The molecule has 1 saturated heterocycles. The summed E-state index contributed by atoms with van der Waals surface area (Å²) in [5, 5.41) is 11.7. The second kappa shape index (κ2) is 8.94. The number of benzene rings is 2. The maximum atomic E-state index is 12.5. The number of carbonyl (C=O) groups excluding carboxylic acids is 1. The lowest BCUT2D eigenvalue weighted by molar-refractivity contribution is 0.202. The van der Waals surface area contributed by atoms with Crippen LogP contribution in [0.15, 0.2) is 59.0 Å². The Kier molecular flexibility index (Phi) is 5.92. The third-order valence-electron chi connectivity index (χ3n) is 5.43. The van der Waals surface area contributed by atoms with E-state index < -0.39 is 6.09 Å². The van der Waals surface area contributed by atoms with E-state index in [4.69, 9.17) is 14.4 Å². The summed E-state index contributed by atoms with van der Waals surface area (Å²) in [6, 6.07) is 18.9. The van der Waals surface area contributed by atoms with Crippen molar-refractivity contribution in [2.45, 2.75) is 6.92 Å². The van der Waals surface area contributed by atoms with Gasteiger partial charge in [0.2, 0.25) is 5.76 Å². The van der Waals surface area contributed by atoms with E-state index in [0.717, 1.165) is 48.6 Å². The Bertz CT molecular complexity index is 1120. The van der Waals surface area contributed by atoms with Crippen LogP contribution in [0, 0.1) is 18.3 Å². The van der Waals surface area contributed by atoms with Crippen molar-refractivity contribution in [3.05, 3.63) is 65.9 Å². The lowest BCUT2D eigenvalue weighted by Crippen LogP contribution is -2.44. The minimum atomic E-state index is -0.680. The molecule has 4 rings (SSSR count). The van der Waals surface area contributed by atoms with Gasteiger partial charge in [-0.1, -0.05) is 24.3 Å². The molecule has 158 valence electrons. The van der Waals surface area contributed by atoms with Crippen molar-refractivity contribution < 1.29 is 13.9 Å². The zero-order valence-corrected chi connectivity index (χ0v) is 17.6. The van der Waals surface area contributed by atoms with Gasteiger partial charge in [0.1, 0.15) is 6.07 Å². The molecule has 7 heteroatoms. The van der Waals surface area contributed by atoms with Gasteiger partial charge in [0, 0.05) is 43.5 Å². The number of carbonyl (C=O) groups is 1. The zero-order chi connectivity index (χ0) is 21.8. The van der Waals surface area contributed by atoms with Gasteiger partial charge in [-0.05, 0) is 49.4 Å². The predicted molar refractivity (Wildman–Crippen MR) is 119 cm³/mol. The molecule has 1 amide bonds. The van der Waals surface area contributed by atoms with Crippen molar-refractivity contribution in [3.8, 4) is 23.1 Å². The van der Waals surface area contributed by atoms with Crippen molar-refractivity contribution in [1.29, 1.82) is 5.26 Å². The molecule has 0 unspecified atom stereocenters. The first-order chi connectivity index (χ1) is 15.0.